The normalized spacial score (nSPS) is 13.6. The Hall–Kier alpha value is -4.93. The quantitative estimate of drug-likeness (QED) is 0.305. The van der Waals surface area contributed by atoms with Crippen LogP contribution in [0.4, 0.5) is 17.2 Å². The molecule has 3 aromatic carbocycles. The van der Waals surface area contributed by atoms with Crippen molar-refractivity contribution in [1.29, 1.82) is 0 Å². The highest BCUT2D eigenvalue weighted by atomic mass is 16.6. The smallest absolute Gasteiger partial charge is 0.277 e. The SMILES string of the molecule is O=C(c1cc([N+](=O)[O-])cc([N+](=O)[O-])c1)N1CCN(c2ccc(-c3cccc4ccccc34)nn2)CC1. The van der Waals surface area contributed by atoms with Crippen LogP contribution in [0, 0.1) is 20.2 Å². The predicted octanol–water partition coefficient (Wildman–Crippen LogP) is 4.08. The first-order chi connectivity index (χ1) is 17.4. The van der Waals surface area contributed by atoms with E-state index in [4.69, 9.17) is 0 Å². The maximum atomic E-state index is 12.9. The number of benzene rings is 3. The van der Waals surface area contributed by atoms with E-state index in [-0.39, 0.29) is 5.56 Å². The van der Waals surface area contributed by atoms with Gasteiger partial charge in [-0.2, -0.15) is 0 Å². The van der Waals surface area contributed by atoms with E-state index in [0.717, 1.165) is 40.2 Å². The molecule has 0 unspecified atom stereocenters. The molecule has 11 heteroatoms. The molecule has 1 fully saturated rings. The monoisotopic (exact) mass is 484 g/mol. The van der Waals surface area contributed by atoms with Crippen LogP contribution in [-0.2, 0) is 0 Å². The van der Waals surface area contributed by atoms with Crippen molar-refractivity contribution in [3.63, 3.8) is 0 Å². The maximum Gasteiger partial charge on any atom is 0.277 e. The first-order valence-electron chi connectivity index (χ1n) is 11.2. The van der Waals surface area contributed by atoms with Gasteiger partial charge in [0, 0.05) is 43.9 Å². The lowest BCUT2D eigenvalue weighted by Crippen LogP contribution is -2.49. The third kappa shape index (κ3) is 4.41. The molecule has 0 radical (unpaired) electrons. The first-order valence-corrected chi connectivity index (χ1v) is 11.2. The molecule has 1 aliphatic heterocycles. The summed E-state index contributed by atoms with van der Waals surface area (Å²) in [6, 6.07) is 20.9. The number of nitrogens with zero attached hydrogens (tertiary/aromatic N) is 6. The predicted molar refractivity (Wildman–Crippen MR) is 133 cm³/mol. The molecular formula is C25H20N6O5. The summed E-state index contributed by atoms with van der Waals surface area (Å²) in [5.74, 6) is 0.191. The molecule has 180 valence electrons. The molecule has 11 nitrogen and oxygen atoms in total. The summed E-state index contributed by atoms with van der Waals surface area (Å²) < 4.78 is 0. The second-order valence-corrected chi connectivity index (χ2v) is 8.34. The Morgan fingerprint density at radius 1 is 0.778 bits per heavy atom. The molecule has 36 heavy (non-hydrogen) atoms. The summed E-state index contributed by atoms with van der Waals surface area (Å²) >= 11 is 0. The van der Waals surface area contributed by atoms with Gasteiger partial charge in [-0.1, -0.05) is 42.5 Å². The fourth-order valence-electron chi connectivity index (χ4n) is 4.34. The molecular weight excluding hydrogens is 464 g/mol. The largest absolute Gasteiger partial charge is 0.352 e. The van der Waals surface area contributed by atoms with Crippen LogP contribution in [0.5, 0.6) is 0 Å². The molecule has 0 N–H and O–H groups in total. The molecule has 1 saturated heterocycles. The molecule has 2 heterocycles. The van der Waals surface area contributed by atoms with Crippen molar-refractivity contribution in [2.75, 3.05) is 31.1 Å². The fraction of sp³-hybridized carbons (Fsp3) is 0.160. The number of fused-ring (bicyclic) bond motifs is 1. The number of hydrogen-bond donors (Lipinski definition) is 0. The summed E-state index contributed by atoms with van der Waals surface area (Å²) in [7, 11) is 0. The average Bonchev–Trinajstić information content (AvgIpc) is 2.92. The minimum absolute atomic E-state index is 0.0800. The number of aromatic nitrogens is 2. The highest BCUT2D eigenvalue weighted by Crippen LogP contribution is 2.28. The van der Waals surface area contributed by atoms with E-state index in [1.807, 2.05) is 59.5 Å². The zero-order valence-electron chi connectivity index (χ0n) is 19.0. The number of carbonyl (C=O) groups excluding carboxylic acids is 1. The minimum atomic E-state index is -0.748. The van der Waals surface area contributed by atoms with Gasteiger partial charge in [0.05, 0.1) is 27.2 Å². The summed E-state index contributed by atoms with van der Waals surface area (Å²) in [5.41, 5.74) is 0.689. The second kappa shape index (κ2) is 9.37. The van der Waals surface area contributed by atoms with Gasteiger partial charge in [0.2, 0.25) is 0 Å². The maximum absolute atomic E-state index is 12.9. The highest BCUT2D eigenvalue weighted by molar-refractivity contribution is 5.96. The molecule has 1 amide bonds. The van der Waals surface area contributed by atoms with E-state index in [9.17, 15) is 25.0 Å². The van der Waals surface area contributed by atoms with Crippen molar-refractivity contribution in [2.45, 2.75) is 0 Å². The molecule has 0 spiro atoms. The number of rotatable bonds is 5. The molecule has 1 aromatic heterocycles. The van der Waals surface area contributed by atoms with Gasteiger partial charge < -0.3 is 9.80 Å². The summed E-state index contributed by atoms with van der Waals surface area (Å²) in [4.78, 5) is 37.3. The van der Waals surface area contributed by atoms with Gasteiger partial charge in [-0.15, -0.1) is 10.2 Å². The Balaban J connectivity index is 1.29. The number of nitro groups is 2. The van der Waals surface area contributed by atoms with Crippen molar-refractivity contribution >= 4 is 33.9 Å². The lowest BCUT2D eigenvalue weighted by Gasteiger charge is -2.35. The Kier molecular flexibility index (Phi) is 5.95. The topological polar surface area (TPSA) is 136 Å². The number of anilines is 1. The van der Waals surface area contributed by atoms with Gasteiger partial charge in [0.15, 0.2) is 5.82 Å². The van der Waals surface area contributed by atoms with Crippen LogP contribution in [0.25, 0.3) is 22.0 Å². The Morgan fingerprint density at radius 2 is 1.44 bits per heavy atom. The molecule has 4 aromatic rings. The van der Waals surface area contributed by atoms with E-state index < -0.39 is 27.1 Å². The lowest BCUT2D eigenvalue weighted by molar-refractivity contribution is -0.394. The highest BCUT2D eigenvalue weighted by Gasteiger charge is 2.26. The van der Waals surface area contributed by atoms with Crippen LogP contribution in [0.3, 0.4) is 0 Å². The lowest BCUT2D eigenvalue weighted by atomic mass is 10.0. The van der Waals surface area contributed by atoms with Crippen LogP contribution in [0.2, 0.25) is 0 Å². The number of carbonyl (C=O) groups is 1. The third-order valence-electron chi connectivity index (χ3n) is 6.18. The number of piperazine rings is 1. The van der Waals surface area contributed by atoms with E-state index in [2.05, 4.69) is 10.2 Å². The van der Waals surface area contributed by atoms with Gasteiger partial charge in [-0.05, 0) is 22.9 Å². The van der Waals surface area contributed by atoms with Gasteiger partial charge in [0.25, 0.3) is 17.3 Å². The van der Waals surface area contributed by atoms with Crippen molar-refractivity contribution in [3.05, 3.63) is 98.6 Å². The van der Waals surface area contributed by atoms with Crippen molar-refractivity contribution in [2.24, 2.45) is 0 Å². The molecule has 0 atom stereocenters. The fourth-order valence-corrected chi connectivity index (χ4v) is 4.34. The van der Waals surface area contributed by atoms with Crippen LogP contribution in [0.15, 0.2) is 72.8 Å². The Bertz CT molecular complexity index is 1440. The van der Waals surface area contributed by atoms with E-state index >= 15 is 0 Å². The van der Waals surface area contributed by atoms with Crippen molar-refractivity contribution < 1.29 is 14.6 Å². The molecule has 1 aliphatic rings. The molecule has 0 saturated carbocycles. The third-order valence-corrected chi connectivity index (χ3v) is 6.18. The van der Waals surface area contributed by atoms with Gasteiger partial charge in [-0.25, -0.2) is 0 Å². The number of amides is 1. The minimum Gasteiger partial charge on any atom is -0.352 e. The van der Waals surface area contributed by atoms with Crippen molar-refractivity contribution in [3.8, 4) is 11.3 Å². The van der Waals surface area contributed by atoms with Gasteiger partial charge in [0.1, 0.15) is 0 Å². The first kappa shape index (κ1) is 22.8. The zero-order chi connectivity index (χ0) is 25.2. The summed E-state index contributed by atoms with van der Waals surface area (Å²) in [6.07, 6.45) is 0. The van der Waals surface area contributed by atoms with Crippen LogP contribution in [-0.4, -0.2) is 57.0 Å². The summed E-state index contributed by atoms with van der Waals surface area (Å²) in [6.45, 7) is 1.63. The zero-order valence-corrected chi connectivity index (χ0v) is 19.0. The summed E-state index contributed by atoms with van der Waals surface area (Å²) in [5, 5.41) is 33.3. The van der Waals surface area contributed by atoms with E-state index in [0.29, 0.717) is 32.0 Å². The average molecular weight is 484 g/mol. The molecule has 0 aliphatic carbocycles. The van der Waals surface area contributed by atoms with Crippen molar-refractivity contribution in [1.82, 2.24) is 15.1 Å². The number of hydrogen-bond acceptors (Lipinski definition) is 8. The number of nitro benzene ring substituents is 2. The number of non-ortho nitro benzene ring substituents is 2. The van der Waals surface area contributed by atoms with Crippen LogP contribution >= 0.6 is 0 Å². The molecule has 5 rings (SSSR count). The standard InChI is InChI=1S/C25H20N6O5/c32-25(18-14-19(30(33)34)16-20(15-18)31(35)36)29-12-10-28(11-13-29)24-9-8-23(26-27-24)22-7-3-5-17-4-1-2-6-21(17)22/h1-9,14-16H,10-13H2. The Labute approximate surface area is 204 Å². The van der Waals surface area contributed by atoms with Gasteiger partial charge >= 0.3 is 0 Å². The Morgan fingerprint density at radius 3 is 2.08 bits per heavy atom. The van der Waals surface area contributed by atoms with Crippen LogP contribution in [0.1, 0.15) is 10.4 Å². The van der Waals surface area contributed by atoms with Gasteiger partial charge in [-0.3, -0.25) is 25.0 Å². The van der Waals surface area contributed by atoms with E-state index in [1.54, 1.807) is 0 Å². The second-order valence-electron chi connectivity index (χ2n) is 8.34. The van der Waals surface area contributed by atoms with Crippen LogP contribution < -0.4 is 4.90 Å². The molecule has 0 bridgehead atoms. The van der Waals surface area contributed by atoms with E-state index in [1.165, 1.54) is 4.90 Å².